The molecule has 1 aromatic heterocycles. The Balaban J connectivity index is 2.71. The molecule has 2 N–H and O–H groups in total. The number of rotatable bonds is 0. The maximum atomic E-state index is 12.4. The molecular weight excluding hydrogens is 244 g/mol. The predicted octanol–water partition coefficient (Wildman–Crippen LogP) is 2.97. The fourth-order valence-corrected chi connectivity index (χ4v) is 2.24. The summed E-state index contributed by atoms with van der Waals surface area (Å²) in [6, 6.07) is 6.76. The molecule has 2 aromatic carbocycles. The Morgan fingerprint density at radius 1 is 1.00 bits per heavy atom. The number of para-hydroxylation sites is 1. The molecule has 19 heavy (non-hydrogen) atoms. The van der Waals surface area contributed by atoms with Gasteiger partial charge in [-0.1, -0.05) is 12.1 Å². The molecule has 0 aliphatic heterocycles. The number of hydrogen-bond acceptors (Lipinski definition) is 4. The topological polar surface area (TPSA) is 70.7 Å². The van der Waals surface area contributed by atoms with Crippen molar-refractivity contribution in [2.75, 3.05) is 0 Å². The Labute approximate surface area is 108 Å². The van der Waals surface area contributed by atoms with Gasteiger partial charge in [0, 0.05) is 5.56 Å². The van der Waals surface area contributed by atoms with Crippen LogP contribution in [0.15, 0.2) is 33.5 Å². The summed E-state index contributed by atoms with van der Waals surface area (Å²) < 4.78 is 5.56. The van der Waals surface area contributed by atoms with Crippen LogP contribution in [0.3, 0.4) is 0 Å². The van der Waals surface area contributed by atoms with Crippen LogP contribution in [-0.2, 0) is 0 Å². The number of phenols is 2. The molecule has 0 saturated carbocycles. The van der Waals surface area contributed by atoms with Gasteiger partial charge >= 0.3 is 0 Å². The average Bonchev–Trinajstić information content (AvgIpc) is 2.43. The molecule has 0 bridgehead atoms. The third kappa shape index (κ3) is 1.43. The minimum Gasteiger partial charge on any atom is -0.507 e. The minimum atomic E-state index is -0.340. The van der Waals surface area contributed by atoms with Crippen LogP contribution >= 0.6 is 0 Å². The lowest BCUT2D eigenvalue weighted by molar-refractivity contribution is 0.451. The summed E-state index contributed by atoms with van der Waals surface area (Å²) in [5.41, 5.74) is 1.06. The molecule has 1 heterocycles. The zero-order valence-electron chi connectivity index (χ0n) is 10.5. The van der Waals surface area contributed by atoms with Gasteiger partial charge in [-0.15, -0.1) is 0 Å². The molecule has 0 fully saturated rings. The Morgan fingerprint density at radius 3 is 2.37 bits per heavy atom. The third-order valence-corrected chi connectivity index (χ3v) is 3.52. The summed E-state index contributed by atoms with van der Waals surface area (Å²) in [4.78, 5) is 12.4. The zero-order valence-corrected chi connectivity index (χ0v) is 10.5. The van der Waals surface area contributed by atoms with Crippen LogP contribution in [0.1, 0.15) is 11.1 Å². The van der Waals surface area contributed by atoms with Crippen LogP contribution in [0.2, 0.25) is 0 Å². The van der Waals surface area contributed by atoms with Crippen LogP contribution in [0, 0.1) is 13.8 Å². The molecule has 0 amide bonds. The van der Waals surface area contributed by atoms with E-state index >= 15 is 0 Å². The molecule has 0 aliphatic rings. The van der Waals surface area contributed by atoms with Crippen LogP contribution in [0.5, 0.6) is 11.5 Å². The van der Waals surface area contributed by atoms with Crippen molar-refractivity contribution in [1.29, 1.82) is 0 Å². The van der Waals surface area contributed by atoms with Gasteiger partial charge < -0.3 is 14.6 Å². The Bertz CT molecular complexity index is 875. The molecule has 4 nitrogen and oxygen atoms in total. The van der Waals surface area contributed by atoms with Crippen molar-refractivity contribution in [2.45, 2.75) is 13.8 Å². The number of hydrogen-bond donors (Lipinski definition) is 2. The molecule has 0 saturated heterocycles. The first-order chi connectivity index (χ1) is 9.02. The fourth-order valence-electron chi connectivity index (χ4n) is 2.24. The van der Waals surface area contributed by atoms with E-state index in [0.29, 0.717) is 22.1 Å². The summed E-state index contributed by atoms with van der Waals surface area (Å²) in [7, 11) is 0. The lowest BCUT2D eigenvalue weighted by atomic mass is 10.0. The van der Waals surface area contributed by atoms with Crippen molar-refractivity contribution >= 4 is 21.9 Å². The largest absolute Gasteiger partial charge is 0.507 e. The fraction of sp³-hybridized carbons (Fsp3) is 0.133. The van der Waals surface area contributed by atoms with E-state index in [1.165, 1.54) is 0 Å². The second-order valence-electron chi connectivity index (χ2n) is 4.58. The Hall–Kier alpha value is -2.49. The van der Waals surface area contributed by atoms with Crippen LogP contribution in [-0.4, -0.2) is 10.2 Å². The second kappa shape index (κ2) is 3.75. The van der Waals surface area contributed by atoms with E-state index in [1.54, 1.807) is 38.1 Å². The molecule has 96 valence electrons. The maximum Gasteiger partial charge on any atom is 0.204 e. The van der Waals surface area contributed by atoms with Gasteiger partial charge in [-0.2, -0.15) is 0 Å². The maximum absolute atomic E-state index is 12.4. The van der Waals surface area contributed by atoms with Gasteiger partial charge in [-0.25, -0.2) is 0 Å². The molecule has 4 heteroatoms. The highest BCUT2D eigenvalue weighted by Gasteiger charge is 2.19. The Kier molecular flexibility index (Phi) is 2.29. The van der Waals surface area contributed by atoms with Crippen molar-refractivity contribution in [3.8, 4) is 11.5 Å². The predicted molar refractivity (Wildman–Crippen MR) is 72.8 cm³/mol. The quantitative estimate of drug-likeness (QED) is 0.479. The van der Waals surface area contributed by atoms with Crippen molar-refractivity contribution < 1.29 is 14.6 Å². The van der Waals surface area contributed by atoms with Crippen molar-refractivity contribution in [3.05, 3.63) is 45.6 Å². The first kappa shape index (κ1) is 11.6. The van der Waals surface area contributed by atoms with Gasteiger partial charge in [0.1, 0.15) is 16.7 Å². The summed E-state index contributed by atoms with van der Waals surface area (Å²) in [5, 5.41) is 20.6. The third-order valence-electron chi connectivity index (χ3n) is 3.52. The first-order valence-corrected chi connectivity index (χ1v) is 5.89. The van der Waals surface area contributed by atoms with E-state index in [0.717, 1.165) is 0 Å². The number of fused-ring (bicyclic) bond motifs is 2. The summed E-state index contributed by atoms with van der Waals surface area (Å²) in [6.45, 7) is 3.32. The highest BCUT2D eigenvalue weighted by atomic mass is 16.4. The van der Waals surface area contributed by atoms with E-state index in [2.05, 4.69) is 0 Å². The molecule has 3 rings (SSSR count). The number of benzene rings is 2. The standard InChI is InChI=1S/C15H12O4/c1-7-8(2)13(17)15-11(12(7)16)14(18)9-5-3-4-6-10(9)19-15/h3-6,16-17H,1-2H3. The monoisotopic (exact) mass is 256 g/mol. The number of aromatic hydroxyl groups is 2. The minimum absolute atomic E-state index is 0.0271. The lowest BCUT2D eigenvalue weighted by Gasteiger charge is -2.10. The van der Waals surface area contributed by atoms with Crippen molar-refractivity contribution in [3.63, 3.8) is 0 Å². The second-order valence-corrected chi connectivity index (χ2v) is 4.58. The van der Waals surface area contributed by atoms with Crippen LogP contribution in [0.25, 0.3) is 21.9 Å². The van der Waals surface area contributed by atoms with Crippen molar-refractivity contribution in [1.82, 2.24) is 0 Å². The highest BCUT2D eigenvalue weighted by molar-refractivity contribution is 5.97. The smallest absolute Gasteiger partial charge is 0.204 e. The van der Waals surface area contributed by atoms with E-state index in [1.807, 2.05) is 0 Å². The molecule has 0 atom stereocenters. The van der Waals surface area contributed by atoms with Crippen molar-refractivity contribution in [2.24, 2.45) is 0 Å². The SMILES string of the molecule is Cc1c(C)c(O)c2c(=O)c3ccccc3oc2c1O. The van der Waals surface area contributed by atoms with Gasteiger partial charge in [0.05, 0.1) is 5.39 Å². The molecule has 0 unspecified atom stereocenters. The Morgan fingerprint density at radius 2 is 1.63 bits per heavy atom. The normalized spacial score (nSPS) is 11.3. The summed E-state index contributed by atoms with van der Waals surface area (Å²) in [6.07, 6.45) is 0. The molecule has 0 radical (unpaired) electrons. The lowest BCUT2D eigenvalue weighted by Crippen LogP contribution is -2.04. The van der Waals surface area contributed by atoms with Gasteiger partial charge in [-0.05, 0) is 31.5 Å². The highest BCUT2D eigenvalue weighted by Crippen LogP contribution is 2.38. The van der Waals surface area contributed by atoms with Gasteiger partial charge in [0.2, 0.25) is 5.43 Å². The first-order valence-electron chi connectivity index (χ1n) is 5.89. The van der Waals surface area contributed by atoms with Gasteiger partial charge in [0.25, 0.3) is 0 Å². The number of phenolic OH excluding ortho intramolecular Hbond substituents is 2. The van der Waals surface area contributed by atoms with E-state index in [-0.39, 0.29) is 27.9 Å². The van der Waals surface area contributed by atoms with Gasteiger partial charge in [-0.3, -0.25) is 4.79 Å². The molecular formula is C15H12O4. The van der Waals surface area contributed by atoms with E-state index in [9.17, 15) is 15.0 Å². The molecule has 0 aliphatic carbocycles. The van der Waals surface area contributed by atoms with Crippen LogP contribution in [0.4, 0.5) is 0 Å². The summed E-state index contributed by atoms with van der Waals surface area (Å²) >= 11 is 0. The van der Waals surface area contributed by atoms with E-state index < -0.39 is 0 Å². The van der Waals surface area contributed by atoms with Gasteiger partial charge in [0.15, 0.2) is 11.3 Å². The average molecular weight is 256 g/mol. The molecule has 3 aromatic rings. The van der Waals surface area contributed by atoms with E-state index in [4.69, 9.17) is 4.42 Å². The van der Waals surface area contributed by atoms with Crippen LogP contribution < -0.4 is 5.43 Å². The molecule has 0 spiro atoms. The zero-order chi connectivity index (χ0) is 13.7. The summed E-state index contributed by atoms with van der Waals surface area (Å²) in [5.74, 6) is -0.238.